The smallest absolute Gasteiger partial charge is 0.434 e. The van der Waals surface area contributed by atoms with Gasteiger partial charge in [0.15, 0.2) is 17.2 Å². The van der Waals surface area contributed by atoms with E-state index < -0.39 is 11.9 Å². The first kappa shape index (κ1) is 20.5. The van der Waals surface area contributed by atoms with Gasteiger partial charge in [-0.3, -0.25) is 0 Å². The van der Waals surface area contributed by atoms with Gasteiger partial charge in [-0.1, -0.05) is 6.07 Å². The number of halogens is 3. The van der Waals surface area contributed by atoms with Gasteiger partial charge in [-0.05, 0) is 49.9 Å². The molecule has 2 heterocycles. The maximum absolute atomic E-state index is 12.8. The van der Waals surface area contributed by atoms with Crippen molar-refractivity contribution >= 4 is 0 Å². The Balaban J connectivity index is 1.53. The van der Waals surface area contributed by atoms with Crippen LogP contribution in [0.25, 0.3) is 0 Å². The first-order valence-corrected chi connectivity index (χ1v) is 9.37. The normalized spacial score (nSPS) is 17.9. The second-order valence-corrected chi connectivity index (χ2v) is 7.30. The number of aromatic nitrogens is 2. The Kier molecular flexibility index (Phi) is 6.17. The molecule has 0 saturated carbocycles. The summed E-state index contributed by atoms with van der Waals surface area (Å²) in [5.41, 5.74) is 0.339. The van der Waals surface area contributed by atoms with Crippen molar-refractivity contribution in [3.8, 4) is 11.5 Å². The van der Waals surface area contributed by atoms with Crippen LogP contribution in [0, 0.1) is 5.92 Å². The van der Waals surface area contributed by atoms with Crippen LogP contribution in [0.1, 0.15) is 30.4 Å². The van der Waals surface area contributed by atoms with Gasteiger partial charge < -0.3 is 19.4 Å². The number of hydrogen-bond donors (Lipinski definition) is 1. The van der Waals surface area contributed by atoms with E-state index in [-0.39, 0.29) is 12.0 Å². The predicted octanol–water partition coefficient (Wildman–Crippen LogP) is 3.70. The van der Waals surface area contributed by atoms with E-state index in [1.807, 2.05) is 18.2 Å². The summed E-state index contributed by atoms with van der Waals surface area (Å²) in [7, 11) is 3.22. The zero-order valence-corrected chi connectivity index (χ0v) is 16.3. The number of nitrogens with zero attached hydrogens (tertiary/aromatic N) is 2. The molecule has 8 heteroatoms. The lowest BCUT2D eigenvalue weighted by Crippen LogP contribution is -2.36. The zero-order valence-electron chi connectivity index (χ0n) is 16.3. The zero-order chi connectivity index (χ0) is 20.3. The SMILES string of the molecule is COc1ccc(CC(C)NCC2CCc3nc(C(F)(F)F)cn3C2)cc1OC. The number of hydrogen-bond acceptors (Lipinski definition) is 4. The van der Waals surface area contributed by atoms with E-state index in [0.717, 1.165) is 31.1 Å². The Labute approximate surface area is 162 Å². The number of nitrogens with one attached hydrogen (secondary N) is 1. The summed E-state index contributed by atoms with van der Waals surface area (Å²) >= 11 is 0. The van der Waals surface area contributed by atoms with Crippen LogP contribution in [0.5, 0.6) is 11.5 Å². The van der Waals surface area contributed by atoms with Crippen molar-refractivity contribution in [1.29, 1.82) is 0 Å². The van der Waals surface area contributed by atoms with E-state index in [4.69, 9.17) is 9.47 Å². The quantitative estimate of drug-likeness (QED) is 0.774. The van der Waals surface area contributed by atoms with E-state index >= 15 is 0 Å². The Hall–Kier alpha value is -2.22. The third kappa shape index (κ3) is 4.79. The van der Waals surface area contributed by atoms with E-state index in [0.29, 0.717) is 30.3 Å². The number of fused-ring (bicyclic) bond motifs is 1. The van der Waals surface area contributed by atoms with E-state index in [1.165, 1.54) is 0 Å². The van der Waals surface area contributed by atoms with Crippen molar-refractivity contribution < 1.29 is 22.6 Å². The molecule has 0 amide bonds. The van der Waals surface area contributed by atoms with Crippen LogP contribution in [0.3, 0.4) is 0 Å². The molecule has 154 valence electrons. The van der Waals surface area contributed by atoms with Gasteiger partial charge in [0, 0.05) is 25.2 Å². The van der Waals surface area contributed by atoms with Crippen molar-refractivity contribution in [1.82, 2.24) is 14.9 Å². The molecule has 2 atom stereocenters. The molecular weight excluding hydrogens is 371 g/mol. The van der Waals surface area contributed by atoms with Crippen molar-refractivity contribution in [3.63, 3.8) is 0 Å². The van der Waals surface area contributed by atoms with Gasteiger partial charge in [0.1, 0.15) is 5.82 Å². The highest BCUT2D eigenvalue weighted by atomic mass is 19.4. The van der Waals surface area contributed by atoms with Crippen LogP contribution in [0.4, 0.5) is 13.2 Å². The molecule has 0 radical (unpaired) electrons. The molecule has 0 saturated heterocycles. The predicted molar refractivity (Wildman–Crippen MR) is 99.8 cm³/mol. The summed E-state index contributed by atoms with van der Waals surface area (Å²) in [6.07, 6.45) is -1.01. The summed E-state index contributed by atoms with van der Waals surface area (Å²) in [4.78, 5) is 3.73. The average molecular weight is 397 g/mol. The molecule has 3 rings (SSSR count). The number of alkyl halides is 3. The third-order valence-electron chi connectivity index (χ3n) is 5.13. The fraction of sp³-hybridized carbons (Fsp3) is 0.550. The van der Waals surface area contributed by atoms with Crippen molar-refractivity contribution in [2.75, 3.05) is 20.8 Å². The Morgan fingerprint density at radius 2 is 2.00 bits per heavy atom. The highest BCUT2D eigenvalue weighted by molar-refractivity contribution is 5.43. The van der Waals surface area contributed by atoms with Gasteiger partial charge in [-0.25, -0.2) is 4.98 Å². The second kappa shape index (κ2) is 8.43. The highest BCUT2D eigenvalue weighted by Crippen LogP contribution is 2.31. The Bertz CT molecular complexity index is 804. The summed E-state index contributed by atoms with van der Waals surface area (Å²) in [5, 5.41) is 3.51. The summed E-state index contributed by atoms with van der Waals surface area (Å²) in [6, 6.07) is 6.10. The van der Waals surface area contributed by atoms with Crippen LogP contribution in [0.2, 0.25) is 0 Å². The molecule has 0 bridgehead atoms. The minimum atomic E-state index is -4.38. The van der Waals surface area contributed by atoms with Crippen LogP contribution < -0.4 is 14.8 Å². The monoisotopic (exact) mass is 397 g/mol. The molecule has 5 nitrogen and oxygen atoms in total. The number of ether oxygens (including phenoxy) is 2. The van der Waals surface area contributed by atoms with Crippen LogP contribution in [-0.2, 0) is 25.6 Å². The van der Waals surface area contributed by atoms with Gasteiger partial charge in [-0.2, -0.15) is 13.2 Å². The van der Waals surface area contributed by atoms with Gasteiger partial charge in [-0.15, -0.1) is 0 Å². The van der Waals surface area contributed by atoms with Gasteiger partial charge in [0.05, 0.1) is 14.2 Å². The standard InChI is InChI=1S/C20H26F3N3O2/c1-13(8-14-4-6-16(27-2)17(9-14)28-3)24-10-15-5-7-19-25-18(20(21,22)23)12-26(19)11-15/h4,6,9,12-13,15,24H,5,7-8,10-11H2,1-3H3. The fourth-order valence-corrected chi connectivity index (χ4v) is 3.62. The molecule has 2 aromatic rings. The van der Waals surface area contributed by atoms with Crippen LogP contribution in [-0.4, -0.2) is 36.4 Å². The minimum absolute atomic E-state index is 0.230. The first-order chi connectivity index (χ1) is 13.3. The molecule has 1 aromatic carbocycles. The molecule has 0 fully saturated rings. The van der Waals surface area contributed by atoms with Crippen molar-refractivity contribution in [2.45, 2.75) is 44.9 Å². The van der Waals surface area contributed by atoms with E-state index in [2.05, 4.69) is 17.2 Å². The second-order valence-electron chi connectivity index (χ2n) is 7.30. The molecular formula is C20H26F3N3O2. The van der Waals surface area contributed by atoms with Gasteiger partial charge in [0.25, 0.3) is 0 Å². The maximum Gasteiger partial charge on any atom is 0.434 e. The number of rotatable bonds is 7. The molecule has 28 heavy (non-hydrogen) atoms. The molecule has 0 aliphatic carbocycles. The molecule has 2 unspecified atom stereocenters. The van der Waals surface area contributed by atoms with Gasteiger partial charge >= 0.3 is 6.18 Å². The lowest BCUT2D eigenvalue weighted by Gasteiger charge is -2.25. The van der Waals surface area contributed by atoms with Crippen molar-refractivity contribution in [2.24, 2.45) is 5.92 Å². The Morgan fingerprint density at radius 1 is 1.25 bits per heavy atom. The fourth-order valence-electron chi connectivity index (χ4n) is 3.62. The van der Waals surface area contributed by atoms with Crippen LogP contribution >= 0.6 is 0 Å². The molecule has 1 N–H and O–H groups in total. The summed E-state index contributed by atoms with van der Waals surface area (Å²) < 4.78 is 50.7. The lowest BCUT2D eigenvalue weighted by molar-refractivity contribution is -0.141. The third-order valence-corrected chi connectivity index (χ3v) is 5.13. The van der Waals surface area contributed by atoms with E-state index in [9.17, 15) is 13.2 Å². The molecule has 1 aliphatic rings. The highest BCUT2D eigenvalue weighted by Gasteiger charge is 2.35. The summed E-state index contributed by atoms with van der Waals surface area (Å²) in [5.74, 6) is 2.22. The van der Waals surface area contributed by atoms with Gasteiger partial charge in [0.2, 0.25) is 0 Å². The van der Waals surface area contributed by atoms with Crippen molar-refractivity contribution in [3.05, 3.63) is 41.5 Å². The molecule has 0 spiro atoms. The van der Waals surface area contributed by atoms with E-state index in [1.54, 1.807) is 18.8 Å². The largest absolute Gasteiger partial charge is 0.493 e. The lowest BCUT2D eigenvalue weighted by atomic mass is 9.98. The maximum atomic E-state index is 12.8. The van der Waals surface area contributed by atoms with Crippen LogP contribution in [0.15, 0.2) is 24.4 Å². The number of aryl methyl sites for hydroxylation is 1. The number of imidazole rings is 1. The Morgan fingerprint density at radius 3 is 2.68 bits per heavy atom. The average Bonchev–Trinajstić information content (AvgIpc) is 3.10. The molecule has 1 aliphatic heterocycles. The molecule has 1 aromatic heterocycles. The number of methoxy groups -OCH3 is 2. The minimum Gasteiger partial charge on any atom is -0.493 e. The number of benzene rings is 1. The summed E-state index contributed by atoms with van der Waals surface area (Å²) in [6.45, 7) is 3.42. The topological polar surface area (TPSA) is 48.3 Å². The first-order valence-electron chi connectivity index (χ1n) is 9.37.